The van der Waals surface area contributed by atoms with E-state index in [2.05, 4.69) is 10.5 Å². The van der Waals surface area contributed by atoms with Crippen molar-refractivity contribution in [3.63, 3.8) is 0 Å². The zero-order valence-electron chi connectivity index (χ0n) is 18.7. The first-order valence-electron chi connectivity index (χ1n) is 10.1. The molecule has 0 saturated heterocycles. The monoisotopic (exact) mass is 441 g/mol. The lowest BCUT2D eigenvalue weighted by Crippen LogP contribution is -2.43. The van der Waals surface area contributed by atoms with Crippen LogP contribution in [0.4, 0.5) is 10.5 Å². The standard InChI is InChI=1S/C23H27N3O6/c1-6-19(24-22(28)31-23(3,4)5)21(27)32-25-20(16-9-7-15(2)8-10-16)17-11-13-18(14-12-17)26(29)30/h7-14,19H,6H2,1-5H3,(H,24,28)/b25-20-/t19-/m1/s1. The molecule has 0 aliphatic carbocycles. The molecule has 0 fully saturated rings. The number of non-ortho nitro benzene ring substituents is 1. The van der Waals surface area contributed by atoms with Crippen molar-refractivity contribution in [1.82, 2.24) is 5.32 Å². The fraction of sp³-hybridized carbons (Fsp3) is 0.348. The summed E-state index contributed by atoms with van der Waals surface area (Å²) in [5.74, 6) is -0.759. The summed E-state index contributed by atoms with van der Waals surface area (Å²) in [5, 5.41) is 17.4. The van der Waals surface area contributed by atoms with Gasteiger partial charge in [0.25, 0.3) is 5.69 Å². The van der Waals surface area contributed by atoms with Crippen LogP contribution in [0.5, 0.6) is 0 Å². The van der Waals surface area contributed by atoms with Crippen LogP contribution in [-0.4, -0.2) is 34.3 Å². The Balaban J connectivity index is 2.27. The van der Waals surface area contributed by atoms with E-state index in [-0.39, 0.29) is 12.1 Å². The second-order valence-electron chi connectivity index (χ2n) is 8.13. The third-order valence-corrected chi connectivity index (χ3v) is 4.29. The van der Waals surface area contributed by atoms with Gasteiger partial charge in [-0.05, 0) is 46.2 Å². The molecule has 1 atom stereocenters. The Morgan fingerprint density at radius 3 is 2.06 bits per heavy atom. The SMILES string of the molecule is CC[C@@H](NC(=O)OC(C)(C)C)C(=O)O/N=C(/c1ccc(C)cc1)c1ccc([N+](=O)[O-])cc1. The molecule has 2 aromatic carbocycles. The molecule has 0 aliphatic rings. The quantitative estimate of drug-likeness (QED) is 0.292. The molecular formula is C23H27N3O6. The second kappa shape index (κ2) is 10.5. The highest BCUT2D eigenvalue weighted by molar-refractivity contribution is 6.12. The third kappa shape index (κ3) is 7.19. The number of oxime groups is 1. The van der Waals surface area contributed by atoms with Crippen molar-refractivity contribution in [3.8, 4) is 0 Å². The van der Waals surface area contributed by atoms with Crippen LogP contribution in [-0.2, 0) is 14.4 Å². The first kappa shape index (κ1) is 24.5. The third-order valence-electron chi connectivity index (χ3n) is 4.29. The highest BCUT2D eigenvalue weighted by Gasteiger charge is 2.25. The van der Waals surface area contributed by atoms with Crippen LogP contribution in [0, 0.1) is 17.0 Å². The number of aryl methyl sites for hydroxylation is 1. The van der Waals surface area contributed by atoms with Crippen molar-refractivity contribution < 1.29 is 24.1 Å². The van der Waals surface area contributed by atoms with E-state index in [0.717, 1.165) is 5.56 Å². The van der Waals surface area contributed by atoms with E-state index >= 15 is 0 Å². The van der Waals surface area contributed by atoms with Crippen LogP contribution in [0.25, 0.3) is 0 Å². The summed E-state index contributed by atoms with van der Waals surface area (Å²) < 4.78 is 5.18. The van der Waals surface area contributed by atoms with Crippen molar-refractivity contribution in [2.24, 2.45) is 5.16 Å². The first-order valence-corrected chi connectivity index (χ1v) is 10.1. The van der Waals surface area contributed by atoms with Gasteiger partial charge in [-0.15, -0.1) is 0 Å². The zero-order valence-corrected chi connectivity index (χ0v) is 18.7. The highest BCUT2D eigenvalue weighted by Crippen LogP contribution is 2.17. The molecule has 9 heteroatoms. The lowest BCUT2D eigenvalue weighted by Gasteiger charge is -2.21. The van der Waals surface area contributed by atoms with Gasteiger partial charge in [-0.1, -0.05) is 41.9 Å². The molecule has 0 radical (unpaired) electrons. The predicted molar refractivity (Wildman–Crippen MR) is 119 cm³/mol. The Labute approximate surface area is 186 Å². The van der Waals surface area contributed by atoms with Gasteiger partial charge in [0.05, 0.1) is 4.92 Å². The average Bonchev–Trinajstić information content (AvgIpc) is 2.72. The van der Waals surface area contributed by atoms with Crippen LogP contribution in [0.15, 0.2) is 53.7 Å². The molecule has 9 nitrogen and oxygen atoms in total. The molecule has 0 aliphatic heterocycles. The number of nitrogens with zero attached hydrogens (tertiary/aromatic N) is 2. The lowest BCUT2D eigenvalue weighted by molar-refractivity contribution is -0.384. The molecule has 2 aromatic rings. The van der Waals surface area contributed by atoms with Gasteiger partial charge in [0.2, 0.25) is 0 Å². The summed E-state index contributed by atoms with van der Waals surface area (Å²) in [6, 6.07) is 12.2. The molecule has 32 heavy (non-hydrogen) atoms. The Bertz CT molecular complexity index is 992. The van der Waals surface area contributed by atoms with E-state index in [0.29, 0.717) is 16.8 Å². The van der Waals surface area contributed by atoms with Crippen LogP contribution in [0.3, 0.4) is 0 Å². The minimum atomic E-state index is -0.954. The maximum absolute atomic E-state index is 12.6. The number of alkyl carbamates (subject to hydrolysis) is 1. The van der Waals surface area contributed by atoms with E-state index < -0.39 is 28.6 Å². The Morgan fingerprint density at radius 1 is 1.06 bits per heavy atom. The van der Waals surface area contributed by atoms with Crippen molar-refractivity contribution in [2.45, 2.75) is 52.7 Å². The van der Waals surface area contributed by atoms with E-state index in [1.165, 1.54) is 24.3 Å². The predicted octanol–water partition coefficient (Wildman–Crippen LogP) is 4.50. The van der Waals surface area contributed by atoms with E-state index in [4.69, 9.17) is 9.57 Å². The number of nitro benzene ring substituents is 1. The fourth-order valence-corrected chi connectivity index (χ4v) is 2.66. The lowest BCUT2D eigenvalue weighted by atomic mass is 10.0. The molecule has 170 valence electrons. The maximum Gasteiger partial charge on any atom is 0.408 e. The van der Waals surface area contributed by atoms with Crippen LogP contribution < -0.4 is 5.32 Å². The molecule has 1 amide bonds. The highest BCUT2D eigenvalue weighted by atomic mass is 16.7. The summed E-state index contributed by atoms with van der Waals surface area (Å²) in [4.78, 5) is 40.2. The first-order chi connectivity index (χ1) is 15.0. The molecule has 2 rings (SSSR count). The molecular weight excluding hydrogens is 414 g/mol. The number of benzene rings is 2. The van der Waals surface area contributed by atoms with Gasteiger partial charge in [-0.25, -0.2) is 9.59 Å². The summed E-state index contributed by atoms with van der Waals surface area (Å²) in [6.07, 6.45) is -0.468. The molecule has 0 heterocycles. The fourth-order valence-electron chi connectivity index (χ4n) is 2.66. The number of ether oxygens (including phenoxy) is 1. The molecule has 0 spiro atoms. The van der Waals surface area contributed by atoms with Gasteiger partial charge < -0.3 is 14.9 Å². The minimum Gasteiger partial charge on any atom is -0.444 e. The molecule has 1 N–H and O–H groups in total. The van der Waals surface area contributed by atoms with Crippen LogP contribution >= 0.6 is 0 Å². The molecule has 0 unspecified atom stereocenters. The molecule has 0 bridgehead atoms. The Kier molecular flexibility index (Phi) is 8.06. The number of hydrogen-bond donors (Lipinski definition) is 1. The van der Waals surface area contributed by atoms with Gasteiger partial charge in [-0.3, -0.25) is 10.1 Å². The largest absolute Gasteiger partial charge is 0.444 e. The van der Waals surface area contributed by atoms with E-state index in [9.17, 15) is 19.7 Å². The zero-order chi connectivity index (χ0) is 23.9. The topological polar surface area (TPSA) is 120 Å². The number of amides is 1. The number of nitro groups is 1. The number of carbonyl (C=O) groups is 2. The van der Waals surface area contributed by atoms with Crippen LogP contribution in [0.2, 0.25) is 0 Å². The van der Waals surface area contributed by atoms with Crippen molar-refractivity contribution in [1.29, 1.82) is 0 Å². The van der Waals surface area contributed by atoms with Crippen molar-refractivity contribution >= 4 is 23.5 Å². The molecule has 0 saturated carbocycles. The number of carbonyl (C=O) groups excluding carboxylic acids is 2. The summed E-state index contributed by atoms with van der Waals surface area (Å²) in [6.45, 7) is 8.79. The van der Waals surface area contributed by atoms with Crippen molar-refractivity contribution in [3.05, 3.63) is 75.3 Å². The number of nitrogens with one attached hydrogen (secondary N) is 1. The van der Waals surface area contributed by atoms with E-state index in [1.54, 1.807) is 39.8 Å². The number of rotatable bonds is 7. The van der Waals surface area contributed by atoms with E-state index in [1.807, 2.05) is 19.1 Å². The van der Waals surface area contributed by atoms with Gasteiger partial charge in [0.15, 0.2) is 0 Å². The Hall–Kier alpha value is -3.75. The Morgan fingerprint density at radius 2 is 1.59 bits per heavy atom. The van der Waals surface area contributed by atoms with Gasteiger partial charge in [0.1, 0.15) is 17.4 Å². The summed E-state index contributed by atoms with van der Waals surface area (Å²) >= 11 is 0. The van der Waals surface area contributed by atoms with Crippen molar-refractivity contribution in [2.75, 3.05) is 0 Å². The van der Waals surface area contributed by atoms with Gasteiger partial charge >= 0.3 is 12.1 Å². The smallest absolute Gasteiger partial charge is 0.408 e. The second-order valence-corrected chi connectivity index (χ2v) is 8.13. The summed E-state index contributed by atoms with van der Waals surface area (Å²) in [7, 11) is 0. The maximum atomic E-state index is 12.6. The normalized spacial score (nSPS) is 12.6. The van der Waals surface area contributed by atoms with Crippen LogP contribution in [0.1, 0.15) is 50.8 Å². The molecule has 0 aromatic heterocycles. The summed E-state index contributed by atoms with van der Waals surface area (Å²) in [5.41, 5.74) is 1.76. The van der Waals surface area contributed by atoms with Gasteiger partial charge in [-0.2, -0.15) is 0 Å². The number of hydrogen-bond acceptors (Lipinski definition) is 7. The average molecular weight is 441 g/mol. The minimum absolute atomic E-state index is 0.0680. The van der Waals surface area contributed by atoms with Gasteiger partial charge in [0, 0.05) is 23.3 Å².